The summed E-state index contributed by atoms with van der Waals surface area (Å²) in [5.41, 5.74) is -4.32. The highest BCUT2D eigenvalue weighted by Gasteiger charge is 2.54. The van der Waals surface area contributed by atoms with Gasteiger partial charge < -0.3 is 58.1 Å². The van der Waals surface area contributed by atoms with Gasteiger partial charge in [-0.1, -0.05) is 27.7 Å². The molecule has 0 aromatic heterocycles. The van der Waals surface area contributed by atoms with Gasteiger partial charge >= 0.3 is 11.9 Å². The van der Waals surface area contributed by atoms with E-state index in [1.165, 1.54) is 28.1 Å². The van der Waals surface area contributed by atoms with E-state index in [1.807, 2.05) is 32.8 Å². The zero-order valence-corrected chi connectivity index (χ0v) is 35.8. The van der Waals surface area contributed by atoms with Gasteiger partial charge in [-0.2, -0.15) is 0 Å². The maximum Gasteiger partial charge on any atom is 0.311 e. The second-order valence-corrected chi connectivity index (χ2v) is 17.2. The van der Waals surface area contributed by atoms with Gasteiger partial charge in [-0.3, -0.25) is 14.4 Å². The van der Waals surface area contributed by atoms with E-state index < -0.39 is 108 Å². The Balaban J connectivity index is 2.27. The van der Waals surface area contributed by atoms with Crippen molar-refractivity contribution in [3.63, 3.8) is 0 Å². The first-order valence-corrected chi connectivity index (χ1v) is 19.8. The summed E-state index contributed by atoms with van der Waals surface area (Å²) in [6.07, 6.45) is -8.82. The van der Waals surface area contributed by atoms with Crippen LogP contribution in [-0.2, 0) is 52.3 Å². The van der Waals surface area contributed by atoms with E-state index in [0.717, 1.165) is 0 Å². The van der Waals surface area contributed by atoms with E-state index in [0.29, 0.717) is 6.42 Å². The molecule has 3 heterocycles. The number of ether oxygens (including phenoxy) is 8. The summed E-state index contributed by atoms with van der Waals surface area (Å²) < 4.78 is 50.3. The van der Waals surface area contributed by atoms with Crippen molar-refractivity contribution in [3.8, 4) is 0 Å². The molecule has 15 nitrogen and oxygen atoms in total. The molecule has 18 atom stereocenters. The van der Waals surface area contributed by atoms with Crippen LogP contribution in [-0.4, -0.2) is 151 Å². The Labute approximate surface area is 327 Å². The highest BCUT2D eigenvalue weighted by atomic mass is 16.7. The van der Waals surface area contributed by atoms with E-state index >= 15 is 0 Å². The smallest absolute Gasteiger partial charge is 0.311 e. The number of aliphatic hydroxyl groups excluding tert-OH is 2. The lowest BCUT2D eigenvalue weighted by atomic mass is 9.74. The summed E-state index contributed by atoms with van der Waals surface area (Å²) in [7, 11) is 6.77. The Morgan fingerprint density at radius 3 is 2.00 bits per heavy atom. The standard InChI is InChI=1S/C40H71NO14/c1-16-28-40(11,47)33(44)22(4)30(43)20(2)18-39(10,49-15)35(55-37-32(52-26(8)42)27(41(12)13)17-21(3)50-37)23(5)31(24(6)36(46)53-28)54-29-19-38(9,48-14)34(45)25(7)51-29/h20-25,27-29,31-35,37,44-45,47H,16-19H2,1-15H3/t20-,21-,22+,23+,24-,25+,27+,28-,29?,31+,32-,33-,34+,35-,37?,38-,39-,40-/m1/s1. The van der Waals surface area contributed by atoms with Crippen LogP contribution < -0.4 is 0 Å². The van der Waals surface area contributed by atoms with Crippen molar-refractivity contribution < 1.29 is 67.6 Å². The van der Waals surface area contributed by atoms with Crippen LogP contribution in [0.5, 0.6) is 0 Å². The van der Waals surface area contributed by atoms with Crippen LogP contribution in [0.1, 0.15) is 102 Å². The summed E-state index contributed by atoms with van der Waals surface area (Å²) in [6.45, 7) is 18.3. The van der Waals surface area contributed by atoms with Crippen LogP contribution >= 0.6 is 0 Å². The van der Waals surface area contributed by atoms with Gasteiger partial charge in [0.1, 0.15) is 23.6 Å². The molecule has 0 bridgehead atoms. The molecule has 0 radical (unpaired) electrons. The van der Waals surface area contributed by atoms with Crippen molar-refractivity contribution in [2.24, 2.45) is 23.7 Å². The van der Waals surface area contributed by atoms with Crippen molar-refractivity contribution in [3.05, 3.63) is 0 Å². The number of esters is 2. The van der Waals surface area contributed by atoms with E-state index in [-0.39, 0.29) is 37.2 Å². The molecule has 3 saturated heterocycles. The first-order valence-electron chi connectivity index (χ1n) is 19.8. The van der Waals surface area contributed by atoms with Gasteiger partial charge in [-0.15, -0.1) is 0 Å². The molecular formula is C40H71NO14. The first kappa shape index (κ1) is 47.6. The van der Waals surface area contributed by atoms with Gasteiger partial charge in [-0.05, 0) is 74.9 Å². The van der Waals surface area contributed by atoms with Crippen molar-refractivity contribution in [1.29, 1.82) is 0 Å². The molecule has 0 saturated carbocycles. The summed E-state index contributed by atoms with van der Waals surface area (Å²) in [6, 6.07) is -0.280. The molecule has 0 spiro atoms. The number of ketones is 1. The van der Waals surface area contributed by atoms with Crippen LogP contribution in [0.25, 0.3) is 0 Å². The Hall–Kier alpha value is -1.79. The third kappa shape index (κ3) is 10.5. The molecule has 3 N–H and O–H groups in total. The van der Waals surface area contributed by atoms with E-state index in [2.05, 4.69) is 0 Å². The van der Waals surface area contributed by atoms with E-state index in [9.17, 15) is 29.7 Å². The Morgan fingerprint density at radius 1 is 0.873 bits per heavy atom. The average molecular weight is 790 g/mol. The van der Waals surface area contributed by atoms with E-state index in [4.69, 9.17) is 37.9 Å². The van der Waals surface area contributed by atoms with Crippen molar-refractivity contribution in [1.82, 2.24) is 4.90 Å². The second kappa shape index (κ2) is 18.9. The fraction of sp³-hybridized carbons (Fsp3) is 0.925. The molecule has 2 unspecified atom stereocenters. The number of cyclic esters (lactones) is 1. The summed E-state index contributed by atoms with van der Waals surface area (Å²) in [4.78, 5) is 42.8. The average Bonchev–Trinajstić information content (AvgIpc) is 3.12. The number of aliphatic hydroxyl groups is 3. The maximum absolute atomic E-state index is 14.3. The third-order valence-corrected chi connectivity index (χ3v) is 12.5. The number of hydrogen-bond donors (Lipinski definition) is 3. The largest absolute Gasteiger partial charge is 0.459 e. The minimum atomic E-state index is -1.98. The number of Topliss-reactive ketones (excluding diaryl/α,β-unsaturated/α-hetero) is 1. The molecule has 0 aromatic carbocycles. The molecule has 3 aliphatic rings. The maximum atomic E-state index is 14.3. The van der Waals surface area contributed by atoms with Crippen molar-refractivity contribution in [2.45, 2.75) is 186 Å². The Bertz CT molecular complexity index is 1300. The fourth-order valence-electron chi connectivity index (χ4n) is 8.89. The normalized spacial score (nSPS) is 46.9. The summed E-state index contributed by atoms with van der Waals surface area (Å²) >= 11 is 0. The van der Waals surface area contributed by atoms with Gasteiger partial charge in [0.15, 0.2) is 18.7 Å². The number of carbonyl (C=O) groups is 3. The molecule has 320 valence electrons. The van der Waals surface area contributed by atoms with Crippen LogP contribution in [0.15, 0.2) is 0 Å². The lowest BCUT2D eigenvalue weighted by Gasteiger charge is -2.50. The molecule has 3 aliphatic heterocycles. The molecule has 0 aliphatic carbocycles. The molecule has 15 heteroatoms. The number of methoxy groups -OCH3 is 2. The molecule has 0 aromatic rings. The lowest BCUT2D eigenvalue weighted by Crippen LogP contribution is -2.62. The number of hydrogen-bond acceptors (Lipinski definition) is 15. The summed E-state index contributed by atoms with van der Waals surface area (Å²) in [5, 5.41) is 34.1. The molecule has 3 fully saturated rings. The van der Waals surface area contributed by atoms with Crippen molar-refractivity contribution in [2.75, 3.05) is 28.3 Å². The van der Waals surface area contributed by atoms with Gasteiger partial charge in [0.2, 0.25) is 0 Å². The quantitative estimate of drug-likeness (QED) is 0.289. The van der Waals surface area contributed by atoms with Gasteiger partial charge in [0, 0.05) is 45.3 Å². The zero-order valence-electron chi connectivity index (χ0n) is 35.8. The first-order chi connectivity index (χ1) is 25.4. The number of carbonyl (C=O) groups excluding carboxylic acids is 3. The number of likely N-dealkylation sites (N-methyl/N-ethyl adjacent to an activating group) is 1. The predicted molar refractivity (Wildman–Crippen MR) is 201 cm³/mol. The predicted octanol–water partition coefficient (Wildman–Crippen LogP) is 3.01. The number of nitrogens with zero attached hydrogens (tertiary/aromatic N) is 1. The Morgan fingerprint density at radius 2 is 1.47 bits per heavy atom. The molecular weight excluding hydrogens is 718 g/mol. The van der Waals surface area contributed by atoms with Gasteiger partial charge in [0.25, 0.3) is 0 Å². The lowest BCUT2D eigenvalue weighted by molar-refractivity contribution is -0.320. The zero-order chi connectivity index (χ0) is 42.0. The van der Waals surface area contributed by atoms with Crippen LogP contribution in [0.2, 0.25) is 0 Å². The minimum absolute atomic E-state index is 0.0851. The Kier molecular flexibility index (Phi) is 16.3. The molecule has 55 heavy (non-hydrogen) atoms. The van der Waals surface area contributed by atoms with E-state index in [1.54, 1.807) is 48.5 Å². The van der Waals surface area contributed by atoms with Crippen LogP contribution in [0.3, 0.4) is 0 Å². The number of rotatable bonds is 9. The second-order valence-electron chi connectivity index (χ2n) is 17.2. The highest BCUT2D eigenvalue weighted by Crippen LogP contribution is 2.42. The highest BCUT2D eigenvalue weighted by molar-refractivity contribution is 5.83. The van der Waals surface area contributed by atoms with Crippen LogP contribution in [0, 0.1) is 23.7 Å². The molecule has 0 amide bonds. The minimum Gasteiger partial charge on any atom is -0.459 e. The SMILES string of the molecule is CC[C@H]1OC(=O)[C@H](C)[C@@H](OC2C[C@@](C)(OC)[C@@H](O)[C@H](C)O2)[C@H](C)[C@@H](OC2O[C@H](C)C[C@H](N(C)C)[C@H]2OC(C)=O)[C@](C)(OC)C[C@@H](C)C(=O)[C@H](C)[C@@H](O)[C@]1(C)O. The van der Waals surface area contributed by atoms with Crippen LogP contribution in [0.4, 0.5) is 0 Å². The fourth-order valence-corrected chi connectivity index (χ4v) is 8.89. The van der Waals surface area contributed by atoms with Gasteiger partial charge in [-0.25, -0.2) is 0 Å². The molecule has 3 rings (SSSR count). The third-order valence-electron chi connectivity index (χ3n) is 12.5. The summed E-state index contributed by atoms with van der Waals surface area (Å²) in [5.74, 6) is -5.13. The topological polar surface area (TPSA) is 189 Å². The van der Waals surface area contributed by atoms with Gasteiger partial charge in [0.05, 0.1) is 53.7 Å². The van der Waals surface area contributed by atoms with Crippen molar-refractivity contribution >= 4 is 17.7 Å². The monoisotopic (exact) mass is 789 g/mol.